The smallest absolute Gasteiger partial charge is 0.283 e. The lowest BCUT2D eigenvalue weighted by Crippen LogP contribution is -2.32. The maximum Gasteiger partial charge on any atom is 0.283 e. The number of amides is 1. The van der Waals surface area contributed by atoms with Gasteiger partial charge >= 0.3 is 0 Å². The van der Waals surface area contributed by atoms with Crippen LogP contribution >= 0.6 is 11.3 Å². The van der Waals surface area contributed by atoms with Crippen molar-refractivity contribution in [1.82, 2.24) is 15.6 Å². The maximum atomic E-state index is 12.1. The second kappa shape index (κ2) is 5.94. The van der Waals surface area contributed by atoms with Gasteiger partial charge in [0.25, 0.3) is 11.6 Å². The molecule has 1 aliphatic rings. The Kier molecular flexibility index (Phi) is 4.07. The molecule has 0 bridgehead atoms. The van der Waals surface area contributed by atoms with Gasteiger partial charge < -0.3 is 15.9 Å². The zero-order valence-corrected chi connectivity index (χ0v) is 11.0. The SMILES string of the molecule is CO/N=C(\C(=O)NC1=CCNC=[C+]1)c1csc(N)n1. The van der Waals surface area contributed by atoms with E-state index < -0.39 is 5.91 Å². The van der Waals surface area contributed by atoms with Crippen LogP contribution in [0.1, 0.15) is 5.69 Å². The van der Waals surface area contributed by atoms with Crippen LogP contribution in [0.2, 0.25) is 0 Å². The summed E-state index contributed by atoms with van der Waals surface area (Å²) in [6, 6.07) is 0. The summed E-state index contributed by atoms with van der Waals surface area (Å²) in [5.74, 6) is -0.429. The minimum Gasteiger partial charge on any atom is -0.398 e. The fourth-order valence-electron chi connectivity index (χ4n) is 1.37. The Hall–Kier alpha value is -2.44. The highest BCUT2D eigenvalue weighted by Gasteiger charge is 2.21. The Morgan fingerprint density at radius 1 is 1.74 bits per heavy atom. The number of oxime groups is 1. The molecule has 1 aliphatic heterocycles. The Bertz CT molecular complexity index is 561. The molecule has 8 heteroatoms. The molecule has 0 fully saturated rings. The summed E-state index contributed by atoms with van der Waals surface area (Å²) in [6.45, 7) is 0.628. The first-order valence-corrected chi connectivity index (χ1v) is 6.24. The molecule has 0 radical (unpaired) electrons. The summed E-state index contributed by atoms with van der Waals surface area (Å²) >= 11 is 1.23. The van der Waals surface area contributed by atoms with Gasteiger partial charge in [-0.15, -0.1) is 11.3 Å². The Balaban J connectivity index is 2.16. The first kappa shape index (κ1) is 13.0. The third kappa shape index (κ3) is 3.27. The monoisotopic (exact) mass is 278 g/mol. The molecule has 0 aromatic carbocycles. The van der Waals surface area contributed by atoms with Crippen molar-refractivity contribution in [3.8, 4) is 0 Å². The quantitative estimate of drug-likeness (QED) is 0.409. The predicted octanol–water partition coefficient (Wildman–Crippen LogP) is -0.00401. The fraction of sp³-hybridized carbons (Fsp3) is 0.182. The van der Waals surface area contributed by atoms with Crippen LogP contribution in [0.5, 0.6) is 0 Å². The molecule has 0 saturated carbocycles. The third-order valence-corrected chi connectivity index (χ3v) is 2.84. The van der Waals surface area contributed by atoms with E-state index >= 15 is 0 Å². The zero-order chi connectivity index (χ0) is 13.7. The minimum atomic E-state index is -0.429. The van der Waals surface area contributed by atoms with Gasteiger partial charge in [0, 0.05) is 5.38 Å². The zero-order valence-electron chi connectivity index (χ0n) is 10.1. The number of rotatable bonds is 4. The predicted molar refractivity (Wildman–Crippen MR) is 72.1 cm³/mol. The molecule has 0 unspecified atom stereocenters. The number of carbonyl (C=O) groups is 1. The second-order valence-corrected chi connectivity index (χ2v) is 4.35. The van der Waals surface area contributed by atoms with Gasteiger partial charge in [0.1, 0.15) is 31.6 Å². The lowest BCUT2D eigenvalue weighted by atomic mass is 10.2. The molecular formula is C11H12N5O2S+. The van der Waals surface area contributed by atoms with Crippen molar-refractivity contribution in [2.24, 2.45) is 5.16 Å². The number of nitrogen functional groups attached to an aromatic ring is 1. The second-order valence-electron chi connectivity index (χ2n) is 3.46. The van der Waals surface area contributed by atoms with E-state index in [0.29, 0.717) is 23.1 Å². The van der Waals surface area contributed by atoms with E-state index in [1.165, 1.54) is 18.4 Å². The standard InChI is InChI=1S/C11H11N5O2S/c1-18-16-9(8-6-19-11(12)15-8)10(17)14-7-2-4-13-5-3-7/h2,5-6,13H,4H2,1H3,(H2-,12,14,15,17)/p+1/b16-9-. The molecule has 1 aromatic rings. The summed E-state index contributed by atoms with van der Waals surface area (Å²) in [5.41, 5.74) is 6.55. The highest BCUT2D eigenvalue weighted by molar-refractivity contribution is 7.13. The van der Waals surface area contributed by atoms with E-state index in [1.807, 2.05) is 0 Å². The van der Waals surface area contributed by atoms with Gasteiger partial charge in [-0.2, -0.15) is 0 Å². The van der Waals surface area contributed by atoms with Gasteiger partial charge in [0.15, 0.2) is 10.8 Å². The number of nitrogens with zero attached hydrogens (tertiary/aromatic N) is 2. The summed E-state index contributed by atoms with van der Waals surface area (Å²) in [6.07, 6.45) is 6.28. The van der Waals surface area contributed by atoms with Crippen molar-refractivity contribution >= 4 is 28.1 Å². The number of carbonyl (C=O) groups excluding carboxylic acids is 1. The van der Waals surface area contributed by atoms with Crippen molar-refractivity contribution in [1.29, 1.82) is 0 Å². The van der Waals surface area contributed by atoms with Crippen LogP contribution in [-0.2, 0) is 9.63 Å². The molecule has 4 N–H and O–H groups in total. The molecule has 0 spiro atoms. The molecule has 0 saturated heterocycles. The maximum absolute atomic E-state index is 12.1. The number of thiazole rings is 1. The lowest BCUT2D eigenvalue weighted by Gasteiger charge is -2.03. The van der Waals surface area contributed by atoms with Crippen molar-refractivity contribution in [2.45, 2.75) is 0 Å². The van der Waals surface area contributed by atoms with Gasteiger partial charge in [-0.3, -0.25) is 10.1 Å². The van der Waals surface area contributed by atoms with Crippen LogP contribution < -0.4 is 16.4 Å². The minimum absolute atomic E-state index is 0.0664. The molecule has 19 heavy (non-hydrogen) atoms. The van der Waals surface area contributed by atoms with Crippen LogP contribution in [0.4, 0.5) is 5.13 Å². The summed E-state index contributed by atoms with van der Waals surface area (Å²) in [5, 5.41) is 11.3. The van der Waals surface area contributed by atoms with Crippen LogP contribution in [0.15, 0.2) is 28.5 Å². The van der Waals surface area contributed by atoms with Gasteiger partial charge in [0.05, 0.1) is 6.08 Å². The van der Waals surface area contributed by atoms with Crippen molar-refractivity contribution in [2.75, 3.05) is 19.4 Å². The number of hydrogen-bond acceptors (Lipinski definition) is 7. The van der Waals surface area contributed by atoms with Gasteiger partial charge in [0.2, 0.25) is 0 Å². The number of hydrogen-bond donors (Lipinski definition) is 3. The van der Waals surface area contributed by atoms with Gasteiger partial charge in [-0.1, -0.05) is 5.16 Å². The molecule has 0 atom stereocenters. The van der Waals surface area contributed by atoms with E-state index in [2.05, 4.69) is 31.7 Å². The lowest BCUT2D eigenvalue weighted by molar-refractivity contribution is -0.114. The van der Waals surface area contributed by atoms with E-state index in [4.69, 9.17) is 5.73 Å². The number of nitrogens with two attached hydrogens (primary N) is 1. The molecule has 0 aliphatic carbocycles. The van der Waals surface area contributed by atoms with E-state index in [9.17, 15) is 4.79 Å². The Morgan fingerprint density at radius 3 is 3.16 bits per heavy atom. The molecule has 2 rings (SSSR count). The van der Waals surface area contributed by atoms with Crippen LogP contribution in [0, 0.1) is 6.08 Å². The number of dihydropyridines is 1. The number of allylic oxidation sites excluding steroid dienone is 1. The molecule has 7 nitrogen and oxygen atoms in total. The average molecular weight is 278 g/mol. The highest BCUT2D eigenvalue weighted by atomic mass is 32.1. The third-order valence-electron chi connectivity index (χ3n) is 2.16. The van der Waals surface area contributed by atoms with Gasteiger partial charge in [-0.25, -0.2) is 4.98 Å². The number of nitrogens with one attached hydrogen (secondary N) is 2. The van der Waals surface area contributed by atoms with Crippen LogP contribution in [-0.4, -0.2) is 30.3 Å². The van der Waals surface area contributed by atoms with E-state index in [1.54, 1.807) is 17.7 Å². The van der Waals surface area contributed by atoms with Crippen LogP contribution in [0.25, 0.3) is 0 Å². The molecule has 1 aromatic heterocycles. The first-order valence-electron chi connectivity index (χ1n) is 5.36. The topological polar surface area (TPSA) is 102 Å². The van der Waals surface area contributed by atoms with Crippen LogP contribution in [0.3, 0.4) is 0 Å². The fourth-order valence-corrected chi connectivity index (χ4v) is 1.92. The van der Waals surface area contributed by atoms with Crippen molar-refractivity contribution < 1.29 is 9.63 Å². The summed E-state index contributed by atoms with van der Waals surface area (Å²) in [7, 11) is 1.36. The number of aromatic nitrogens is 1. The summed E-state index contributed by atoms with van der Waals surface area (Å²) in [4.78, 5) is 20.8. The van der Waals surface area contributed by atoms with Crippen molar-refractivity contribution in [3.05, 3.63) is 35.1 Å². The van der Waals surface area contributed by atoms with E-state index in [-0.39, 0.29) is 5.71 Å². The van der Waals surface area contributed by atoms with Crippen molar-refractivity contribution in [3.63, 3.8) is 0 Å². The molecule has 1 amide bonds. The first-order chi connectivity index (χ1) is 9.20. The Morgan fingerprint density at radius 2 is 2.58 bits per heavy atom. The van der Waals surface area contributed by atoms with Gasteiger partial charge in [-0.05, 0) is 0 Å². The average Bonchev–Trinajstić information content (AvgIpc) is 2.83. The normalized spacial score (nSPS) is 14.2. The molecule has 2 heterocycles. The molecule has 98 valence electrons. The Labute approximate surface area is 113 Å². The number of anilines is 1. The largest absolute Gasteiger partial charge is 0.398 e. The summed E-state index contributed by atoms with van der Waals surface area (Å²) < 4.78 is 0. The molecular weight excluding hydrogens is 266 g/mol. The van der Waals surface area contributed by atoms with E-state index in [0.717, 1.165) is 0 Å². The highest BCUT2D eigenvalue weighted by Crippen LogP contribution is 2.12.